The summed E-state index contributed by atoms with van der Waals surface area (Å²) in [6.45, 7) is 2.78. The Kier molecular flexibility index (Phi) is 3.62. The van der Waals surface area contributed by atoms with Crippen LogP contribution in [-0.4, -0.2) is 26.1 Å². The fourth-order valence-electron chi connectivity index (χ4n) is 1.70. The van der Waals surface area contributed by atoms with Crippen molar-refractivity contribution in [1.29, 1.82) is 0 Å². The molecule has 0 aliphatic carbocycles. The van der Waals surface area contributed by atoms with Gasteiger partial charge in [0.1, 0.15) is 0 Å². The molecule has 0 atom stereocenters. The number of rotatable bonds is 4. The summed E-state index contributed by atoms with van der Waals surface area (Å²) in [5, 5.41) is 17.1. The van der Waals surface area contributed by atoms with Gasteiger partial charge >= 0.3 is 5.97 Å². The monoisotopic (exact) mass is 265 g/mol. The van der Waals surface area contributed by atoms with Crippen LogP contribution in [0.2, 0.25) is 5.02 Å². The largest absolute Gasteiger partial charge is 0.478 e. The average molecular weight is 266 g/mol. The van der Waals surface area contributed by atoms with E-state index in [0.717, 1.165) is 24.2 Å². The summed E-state index contributed by atoms with van der Waals surface area (Å²) < 4.78 is 1.75. The van der Waals surface area contributed by atoms with E-state index in [2.05, 4.69) is 10.3 Å². The van der Waals surface area contributed by atoms with E-state index >= 15 is 0 Å². The number of aryl methyl sites for hydroxylation is 1. The molecule has 94 valence electrons. The molecule has 1 aromatic carbocycles. The van der Waals surface area contributed by atoms with Gasteiger partial charge in [0.25, 0.3) is 0 Å². The van der Waals surface area contributed by atoms with E-state index in [1.165, 1.54) is 12.1 Å². The van der Waals surface area contributed by atoms with Crippen molar-refractivity contribution in [2.75, 3.05) is 0 Å². The minimum Gasteiger partial charge on any atom is -0.478 e. The zero-order valence-electron chi connectivity index (χ0n) is 9.80. The smallest absolute Gasteiger partial charge is 0.335 e. The first kappa shape index (κ1) is 12.6. The number of carboxylic acid groups (broad SMARTS) is 1. The Morgan fingerprint density at radius 3 is 2.89 bits per heavy atom. The Balaban J connectivity index is 2.44. The number of aromatic nitrogens is 3. The van der Waals surface area contributed by atoms with Gasteiger partial charge in [-0.15, -0.1) is 5.10 Å². The van der Waals surface area contributed by atoms with Crippen LogP contribution < -0.4 is 0 Å². The van der Waals surface area contributed by atoms with Crippen molar-refractivity contribution in [3.63, 3.8) is 0 Å². The van der Waals surface area contributed by atoms with E-state index in [1.807, 2.05) is 6.92 Å². The standard InChI is InChI=1S/C12H12ClN3O2/c1-2-5-16-11(7-14-15-16)9-4-3-8(12(17)18)6-10(9)13/h3-4,6-7H,2,5H2,1H3,(H,17,18). The second kappa shape index (κ2) is 5.18. The van der Waals surface area contributed by atoms with Gasteiger partial charge < -0.3 is 5.11 Å². The first-order valence-corrected chi connectivity index (χ1v) is 5.93. The fraction of sp³-hybridized carbons (Fsp3) is 0.250. The Morgan fingerprint density at radius 1 is 1.50 bits per heavy atom. The van der Waals surface area contributed by atoms with Crippen molar-refractivity contribution in [2.45, 2.75) is 19.9 Å². The van der Waals surface area contributed by atoms with Crippen LogP contribution in [0.1, 0.15) is 23.7 Å². The molecule has 1 aromatic heterocycles. The van der Waals surface area contributed by atoms with Gasteiger partial charge in [0.05, 0.1) is 22.5 Å². The van der Waals surface area contributed by atoms with Crippen molar-refractivity contribution in [3.05, 3.63) is 35.0 Å². The topological polar surface area (TPSA) is 68.0 Å². The van der Waals surface area contributed by atoms with E-state index in [0.29, 0.717) is 5.02 Å². The highest BCUT2D eigenvalue weighted by atomic mass is 35.5. The van der Waals surface area contributed by atoms with E-state index in [9.17, 15) is 4.79 Å². The van der Waals surface area contributed by atoms with E-state index in [-0.39, 0.29) is 5.56 Å². The highest BCUT2D eigenvalue weighted by Crippen LogP contribution is 2.28. The van der Waals surface area contributed by atoms with E-state index in [4.69, 9.17) is 16.7 Å². The third-order valence-corrected chi connectivity index (χ3v) is 2.86. The molecule has 6 heteroatoms. The van der Waals surface area contributed by atoms with Crippen molar-refractivity contribution in [2.24, 2.45) is 0 Å². The minimum absolute atomic E-state index is 0.165. The molecule has 5 nitrogen and oxygen atoms in total. The Labute approximate surface area is 109 Å². The zero-order chi connectivity index (χ0) is 13.1. The molecule has 0 saturated carbocycles. The van der Waals surface area contributed by atoms with Crippen molar-refractivity contribution in [1.82, 2.24) is 15.0 Å². The summed E-state index contributed by atoms with van der Waals surface area (Å²) in [6, 6.07) is 4.63. The lowest BCUT2D eigenvalue weighted by Crippen LogP contribution is -2.02. The first-order chi connectivity index (χ1) is 8.63. The van der Waals surface area contributed by atoms with Crippen molar-refractivity contribution < 1.29 is 9.90 Å². The van der Waals surface area contributed by atoms with Crippen molar-refractivity contribution >= 4 is 17.6 Å². The van der Waals surface area contributed by atoms with Crippen LogP contribution in [0.5, 0.6) is 0 Å². The summed E-state index contributed by atoms with van der Waals surface area (Å²) in [5.41, 5.74) is 1.69. The van der Waals surface area contributed by atoms with Gasteiger partial charge in [-0.1, -0.05) is 29.8 Å². The molecule has 2 rings (SSSR count). The van der Waals surface area contributed by atoms with Crippen LogP contribution in [0, 0.1) is 0 Å². The highest BCUT2D eigenvalue weighted by molar-refractivity contribution is 6.33. The molecule has 2 aromatic rings. The van der Waals surface area contributed by atoms with E-state index in [1.54, 1.807) is 16.9 Å². The molecule has 18 heavy (non-hydrogen) atoms. The SMILES string of the molecule is CCCn1nncc1-c1ccc(C(=O)O)cc1Cl. The number of benzene rings is 1. The quantitative estimate of drug-likeness (QED) is 0.923. The predicted molar refractivity (Wildman–Crippen MR) is 67.7 cm³/mol. The lowest BCUT2D eigenvalue weighted by molar-refractivity contribution is 0.0697. The summed E-state index contributed by atoms with van der Waals surface area (Å²) in [6.07, 6.45) is 2.55. The van der Waals surface area contributed by atoms with Crippen LogP contribution >= 0.6 is 11.6 Å². The second-order valence-electron chi connectivity index (χ2n) is 3.84. The summed E-state index contributed by atoms with van der Waals surface area (Å²) in [4.78, 5) is 10.8. The maximum absolute atomic E-state index is 10.8. The molecule has 1 heterocycles. The number of carbonyl (C=O) groups is 1. The van der Waals surface area contributed by atoms with Gasteiger partial charge in [-0.25, -0.2) is 9.48 Å². The number of halogens is 1. The maximum atomic E-state index is 10.8. The third kappa shape index (κ3) is 2.36. The summed E-state index contributed by atoms with van der Waals surface area (Å²) >= 11 is 6.10. The molecule has 0 aliphatic rings. The lowest BCUT2D eigenvalue weighted by Gasteiger charge is -2.07. The molecule has 0 aliphatic heterocycles. The third-order valence-electron chi connectivity index (χ3n) is 2.55. The molecule has 0 spiro atoms. The minimum atomic E-state index is -0.997. The molecular weight excluding hydrogens is 254 g/mol. The summed E-state index contributed by atoms with van der Waals surface area (Å²) in [7, 11) is 0. The predicted octanol–water partition coefficient (Wildman–Crippen LogP) is 2.71. The van der Waals surface area contributed by atoms with Gasteiger partial charge in [-0.05, 0) is 18.6 Å². The zero-order valence-corrected chi connectivity index (χ0v) is 10.6. The number of hydrogen-bond donors (Lipinski definition) is 1. The number of aromatic carboxylic acids is 1. The Hall–Kier alpha value is -1.88. The van der Waals surface area contributed by atoms with Crippen LogP contribution in [-0.2, 0) is 6.54 Å². The van der Waals surface area contributed by atoms with Crippen LogP contribution in [0.4, 0.5) is 0 Å². The van der Waals surface area contributed by atoms with Gasteiger partial charge in [-0.2, -0.15) is 0 Å². The van der Waals surface area contributed by atoms with Crippen molar-refractivity contribution in [3.8, 4) is 11.3 Å². The first-order valence-electron chi connectivity index (χ1n) is 5.55. The molecule has 0 saturated heterocycles. The lowest BCUT2D eigenvalue weighted by atomic mass is 10.1. The molecule has 0 unspecified atom stereocenters. The van der Waals surface area contributed by atoms with E-state index < -0.39 is 5.97 Å². The number of hydrogen-bond acceptors (Lipinski definition) is 3. The Morgan fingerprint density at radius 2 is 2.28 bits per heavy atom. The number of nitrogens with zero attached hydrogens (tertiary/aromatic N) is 3. The van der Waals surface area contributed by atoms with Crippen LogP contribution in [0.3, 0.4) is 0 Å². The number of carboxylic acids is 1. The highest BCUT2D eigenvalue weighted by Gasteiger charge is 2.12. The molecule has 0 radical (unpaired) electrons. The molecular formula is C12H12ClN3O2. The second-order valence-corrected chi connectivity index (χ2v) is 4.25. The Bertz CT molecular complexity index is 580. The molecule has 0 bridgehead atoms. The van der Waals surface area contributed by atoms with Gasteiger partial charge in [0.2, 0.25) is 0 Å². The maximum Gasteiger partial charge on any atom is 0.335 e. The van der Waals surface area contributed by atoms with Gasteiger partial charge in [-0.3, -0.25) is 0 Å². The molecule has 1 N–H and O–H groups in total. The normalized spacial score (nSPS) is 10.6. The van der Waals surface area contributed by atoms with Crippen LogP contribution in [0.25, 0.3) is 11.3 Å². The molecule has 0 fully saturated rings. The fourth-order valence-corrected chi connectivity index (χ4v) is 1.98. The average Bonchev–Trinajstić information content (AvgIpc) is 2.77. The van der Waals surface area contributed by atoms with Gasteiger partial charge in [0, 0.05) is 12.1 Å². The van der Waals surface area contributed by atoms with Crippen LogP contribution in [0.15, 0.2) is 24.4 Å². The summed E-state index contributed by atoms with van der Waals surface area (Å²) in [5.74, 6) is -0.997. The van der Waals surface area contributed by atoms with Gasteiger partial charge in [0.15, 0.2) is 0 Å². The molecule has 0 amide bonds.